The number of carbonyl (C=O) groups excluding carboxylic acids is 1. The summed E-state index contributed by atoms with van der Waals surface area (Å²) in [6.45, 7) is -0.369. The van der Waals surface area contributed by atoms with Crippen molar-refractivity contribution >= 4 is 28.7 Å². The number of hydrogen-bond donors (Lipinski definition) is 2. The van der Waals surface area contributed by atoms with Crippen molar-refractivity contribution in [3.63, 3.8) is 0 Å². The third-order valence-electron chi connectivity index (χ3n) is 3.59. The molecule has 3 aromatic rings. The molecular weight excluding hydrogens is 338 g/mol. The Morgan fingerprint density at radius 1 is 1.15 bits per heavy atom. The third kappa shape index (κ3) is 4.04. The highest BCUT2D eigenvalue weighted by molar-refractivity contribution is 5.89. The third-order valence-corrected chi connectivity index (χ3v) is 3.59. The monoisotopic (exact) mass is 353 g/mol. The van der Waals surface area contributed by atoms with Gasteiger partial charge in [-0.05, 0) is 23.8 Å². The summed E-state index contributed by atoms with van der Waals surface area (Å²) in [6, 6.07) is 13.8. The number of carboxylic acid groups (broad SMARTS) is 1. The Hall–Kier alpha value is -3.68. The van der Waals surface area contributed by atoms with Crippen LogP contribution in [0.2, 0.25) is 0 Å². The summed E-state index contributed by atoms with van der Waals surface area (Å²) in [5, 5.41) is 11.6. The molecule has 0 radical (unpaired) electrons. The van der Waals surface area contributed by atoms with Crippen molar-refractivity contribution < 1.29 is 19.4 Å². The predicted octanol–water partition coefficient (Wildman–Crippen LogP) is 2.23. The second-order valence-corrected chi connectivity index (χ2v) is 5.49. The number of benzene rings is 2. The van der Waals surface area contributed by atoms with Gasteiger partial charge < -0.3 is 9.84 Å². The van der Waals surface area contributed by atoms with Crippen molar-refractivity contribution in [2.75, 3.05) is 5.32 Å². The molecule has 0 unspecified atom stereocenters. The van der Waals surface area contributed by atoms with Crippen molar-refractivity contribution in [2.45, 2.75) is 13.2 Å². The van der Waals surface area contributed by atoms with E-state index in [1.165, 1.54) is 12.4 Å². The van der Waals surface area contributed by atoms with Gasteiger partial charge in [0.15, 0.2) is 0 Å². The summed E-state index contributed by atoms with van der Waals surface area (Å²) in [4.78, 5) is 39.1. The van der Waals surface area contributed by atoms with E-state index in [9.17, 15) is 14.4 Å². The number of rotatable bonds is 5. The van der Waals surface area contributed by atoms with Crippen molar-refractivity contribution in [1.29, 1.82) is 0 Å². The normalized spacial score (nSPS) is 10.5. The molecule has 8 heteroatoms. The number of ether oxygens (including phenoxy) is 1. The van der Waals surface area contributed by atoms with Crippen LogP contribution in [0.4, 0.5) is 10.5 Å². The topological polar surface area (TPSA) is 111 Å². The first kappa shape index (κ1) is 17.2. The molecule has 0 saturated carbocycles. The van der Waals surface area contributed by atoms with Gasteiger partial charge in [0.25, 0.3) is 5.56 Å². The lowest BCUT2D eigenvalue weighted by atomic mass is 10.2. The molecular formula is C18H15N3O5. The fourth-order valence-corrected chi connectivity index (χ4v) is 2.37. The van der Waals surface area contributed by atoms with E-state index in [-0.39, 0.29) is 12.0 Å². The Balaban J connectivity index is 1.75. The molecule has 1 aromatic heterocycles. The summed E-state index contributed by atoms with van der Waals surface area (Å²) in [7, 11) is 0. The van der Waals surface area contributed by atoms with Gasteiger partial charge in [0.05, 0.1) is 17.2 Å². The smallest absolute Gasteiger partial charge is 0.411 e. The van der Waals surface area contributed by atoms with Gasteiger partial charge >= 0.3 is 12.1 Å². The number of nitrogens with one attached hydrogen (secondary N) is 1. The fraction of sp³-hybridized carbons (Fsp3) is 0.111. The maximum Gasteiger partial charge on any atom is 0.411 e. The lowest BCUT2D eigenvalue weighted by Crippen LogP contribution is -2.24. The summed E-state index contributed by atoms with van der Waals surface area (Å²) in [5.74, 6) is -1.15. The molecule has 0 aliphatic heterocycles. The van der Waals surface area contributed by atoms with Gasteiger partial charge in [-0.25, -0.2) is 9.78 Å². The number of anilines is 1. The molecule has 0 fully saturated rings. The Morgan fingerprint density at radius 2 is 1.92 bits per heavy atom. The van der Waals surface area contributed by atoms with Crippen LogP contribution in [0.5, 0.6) is 0 Å². The largest absolute Gasteiger partial charge is 0.480 e. The minimum Gasteiger partial charge on any atom is -0.480 e. The Kier molecular flexibility index (Phi) is 4.93. The number of carbonyl (C=O) groups is 2. The standard InChI is InChI=1S/C18H15N3O5/c22-16(23)9-21-11-19-15-7-6-13(8-14(15)17(21)24)20-18(25)26-10-12-4-2-1-3-5-12/h1-8,11H,9-10H2,(H,20,25)(H,22,23). The quantitative estimate of drug-likeness (QED) is 0.728. The lowest BCUT2D eigenvalue weighted by molar-refractivity contribution is -0.137. The van der Waals surface area contributed by atoms with E-state index in [4.69, 9.17) is 9.84 Å². The maximum atomic E-state index is 12.3. The number of aliphatic carboxylic acids is 1. The molecule has 0 bridgehead atoms. The van der Waals surface area contributed by atoms with Crippen LogP contribution >= 0.6 is 0 Å². The fourth-order valence-electron chi connectivity index (χ4n) is 2.37. The van der Waals surface area contributed by atoms with Gasteiger partial charge in [0, 0.05) is 5.69 Å². The van der Waals surface area contributed by atoms with E-state index in [0.717, 1.165) is 10.1 Å². The number of amides is 1. The minimum atomic E-state index is -1.15. The Bertz CT molecular complexity index is 1010. The van der Waals surface area contributed by atoms with Gasteiger partial charge in [-0.15, -0.1) is 0 Å². The van der Waals surface area contributed by atoms with Crippen molar-refractivity contribution in [3.05, 3.63) is 70.8 Å². The molecule has 0 atom stereocenters. The zero-order valence-corrected chi connectivity index (χ0v) is 13.6. The maximum absolute atomic E-state index is 12.3. The molecule has 26 heavy (non-hydrogen) atoms. The van der Waals surface area contributed by atoms with Crippen LogP contribution in [0.25, 0.3) is 10.9 Å². The average Bonchev–Trinajstić information content (AvgIpc) is 2.63. The number of carboxylic acids is 1. The number of hydrogen-bond acceptors (Lipinski definition) is 5. The molecule has 3 rings (SSSR count). The van der Waals surface area contributed by atoms with Crippen LogP contribution in [-0.2, 0) is 22.7 Å². The number of nitrogens with zero attached hydrogens (tertiary/aromatic N) is 2. The van der Waals surface area contributed by atoms with Gasteiger partial charge in [0.2, 0.25) is 0 Å². The van der Waals surface area contributed by atoms with Crippen LogP contribution < -0.4 is 10.9 Å². The SMILES string of the molecule is O=C(O)Cn1cnc2ccc(NC(=O)OCc3ccccc3)cc2c1=O. The molecule has 0 aliphatic carbocycles. The summed E-state index contributed by atoms with van der Waals surface area (Å²) in [6.07, 6.45) is 0.517. The van der Waals surface area contributed by atoms with Gasteiger partial charge in [-0.3, -0.25) is 19.5 Å². The van der Waals surface area contributed by atoms with Gasteiger partial charge in [-0.2, -0.15) is 0 Å². The Labute approximate surface area is 147 Å². The van der Waals surface area contributed by atoms with Crippen molar-refractivity contribution in [3.8, 4) is 0 Å². The van der Waals surface area contributed by atoms with Gasteiger partial charge in [0.1, 0.15) is 13.2 Å². The molecule has 2 N–H and O–H groups in total. The summed E-state index contributed by atoms with van der Waals surface area (Å²) >= 11 is 0. The first-order valence-electron chi connectivity index (χ1n) is 7.71. The van der Waals surface area contributed by atoms with E-state index in [0.29, 0.717) is 11.2 Å². The van der Waals surface area contributed by atoms with Crippen LogP contribution in [0.15, 0.2) is 59.7 Å². The van der Waals surface area contributed by atoms with Gasteiger partial charge in [-0.1, -0.05) is 30.3 Å². The van der Waals surface area contributed by atoms with E-state index < -0.39 is 24.2 Å². The molecule has 2 aromatic carbocycles. The van der Waals surface area contributed by atoms with E-state index in [1.54, 1.807) is 12.1 Å². The highest BCUT2D eigenvalue weighted by Gasteiger charge is 2.10. The van der Waals surface area contributed by atoms with Crippen LogP contribution in [0.3, 0.4) is 0 Å². The van der Waals surface area contributed by atoms with Crippen molar-refractivity contribution in [2.24, 2.45) is 0 Å². The zero-order chi connectivity index (χ0) is 18.5. The summed E-state index contributed by atoms with van der Waals surface area (Å²) in [5.41, 5.74) is 1.10. The van der Waals surface area contributed by atoms with E-state index in [2.05, 4.69) is 10.3 Å². The second-order valence-electron chi connectivity index (χ2n) is 5.49. The molecule has 0 spiro atoms. The van der Waals surface area contributed by atoms with Crippen molar-refractivity contribution in [1.82, 2.24) is 9.55 Å². The molecule has 0 saturated heterocycles. The minimum absolute atomic E-state index is 0.118. The highest BCUT2D eigenvalue weighted by Crippen LogP contribution is 2.15. The van der Waals surface area contributed by atoms with E-state index >= 15 is 0 Å². The molecule has 1 heterocycles. The zero-order valence-electron chi connectivity index (χ0n) is 13.6. The highest BCUT2D eigenvalue weighted by atomic mass is 16.5. The molecule has 132 valence electrons. The molecule has 0 aliphatic rings. The van der Waals surface area contributed by atoms with Crippen LogP contribution in [-0.4, -0.2) is 26.7 Å². The average molecular weight is 353 g/mol. The van der Waals surface area contributed by atoms with Crippen LogP contribution in [0.1, 0.15) is 5.56 Å². The first-order chi connectivity index (χ1) is 12.5. The second kappa shape index (κ2) is 7.47. The predicted molar refractivity (Wildman–Crippen MR) is 93.9 cm³/mol. The number of fused-ring (bicyclic) bond motifs is 1. The van der Waals surface area contributed by atoms with Crippen LogP contribution in [0, 0.1) is 0 Å². The van der Waals surface area contributed by atoms with E-state index in [1.807, 2.05) is 30.3 Å². The molecule has 8 nitrogen and oxygen atoms in total. The lowest BCUT2D eigenvalue weighted by Gasteiger charge is -2.08. The number of aromatic nitrogens is 2. The molecule has 1 amide bonds. The summed E-state index contributed by atoms with van der Waals surface area (Å²) < 4.78 is 6.11. The Morgan fingerprint density at radius 3 is 2.65 bits per heavy atom. The first-order valence-corrected chi connectivity index (χ1v) is 7.71.